The highest BCUT2D eigenvalue weighted by Crippen LogP contribution is 2.47. The lowest BCUT2D eigenvalue weighted by Crippen LogP contribution is -2.46. The van der Waals surface area contributed by atoms with E-state index in [4.69, 9.17) is 32.7 Å². The Balaban J connectivity index is 0.000000192. The number of anilines is 2. The molecule has 4 aliphatic heterocycles. The minimum Gasteiger partial charge on any atom is -0.490 e. The van der Waals surface area contributed by atoms with E-state index in [9.17, 15) is 32.7 Å². The summed E-state index contributed by atoms with van der Waals surface area (Å²) in [4.78, 5) is 59.4. The molecule has 4 atom stereocenters. The molecule has 2 N–H and O–H groups in total. The molecule has 0 saturated heterocycles. The van der Waals surface area contributed by atoms with E-state index in [0.717, 1.165) is 148 Å². The van der Waals surface area contributed by atoms with E-state index in [0.29, 0.717) is 31.9 Å². The van der Waals surface area contributed by atoms with E-state index in [1.165, 1.54) is 22.3 Å². The van der Waals surface area contributed by atoms with Crippen LogP contribution in [0.1, 0.15) is 129 Å². The van der Waals surface area contributed by atoms with Gasteiger partial charge in [0, 0.05) is 87.1 Å². The van der Waals surface area contributed by atoms with Gasteiger partial charge in [0.15, 0.2) is 0 Å². The van der Waals surface area contributed by atoms with Crippen LogP contribution in [-0.2, 0) is 52.9 Å². The van der Waals surface area contributed by atoms with Gasteiger partial charge in [0.05, 0.1) is 42.7 Å². The third-order valence-electron chi connectivity index (χ3n) is 16.9. The molecular weight excluding hydrogens is 1060 g/mol. The number of aryl methyl sites for hydroxylation is 2. The Morgan fingerprint density at radius 2 is 1.13 bits per heavy atom. The number of carbonyl (C=O) groups is 4. The molecule has 4 aromatic carbocycles. The number of rotatable bonds is 3. The number of likely N-dealkylation sites (N-methyl/N-ethyl adjacent to an activating group) is 2. The van der Waals surface area contributed by atoms with E-state index in [-0.39, 0.29) is 41.9 Å². The Labute approximate surface area is 476 Å². The molecule has 3 amide bonds. The number of carboxylic acids is 1. The second kappa shape index (κ2) is 25.2. The minimum atomic E-state index is -3.81. The number of halogens is 2. The fourth-order valence-corrected chi connectivity index (χ4v) is 13.5. The van der Waals surface area contributed by atoms with Gasteiger partial charge in [-0.05, 0) is 165 Å². The molecular formula is C62H75Cl2N5O9S. The van der Waals surface area contributed by atoms with Crippen LogP contribution in [0, 0.1) is 0 Å². The highest BCUT2D eigenvalue weighted by Gasteiger charge is 2.44. The second-order valence-electron chi connectivity index (χ2n) is 22.7. The SMILES string of the molecule is CN1C/C=C/CCCCN2C[C@@]3(CCCc4cc(Cl)ccc43)COc3ccc(cc32)[C@H](C(=O)NS(C)(=O)=O)CC1=O.CN1C/C=C/CCCCN2C[C@@]3(CCCc4cc(Cl)ccc43)COc3ccc(cc32)[C@H](C(=O)O)CCC1=O. The smallest absolute Gasteiger partial charge is 0.310 e. The summed E-state index contributed by atoms with van der Waals surface area (Å²) in [5, 5.41) is 11.6. The summed E-state index contributed by atoms with van der Waals surface area (Å²) in [6.45, 7) is 5.31. The first kappa shape index (κ1) is 57.6. The van der Waals surface area contributed by atoms with Gasteiger partial charge in [-0.1, -0.05) is 71.8 Å². The minimum absolute atomic E-state index is 0.0364. The number of carbonyl (C=O) groups excluding carboxylic acids is 3. The molecule has 0 fully saturated rings. The van der Waals surface area contributed by atoms with E-state index in [1.54, 1.807) is 30.0 Å². The van der Waals surface area contributed by atoms with Crippen LogP contribution in [-0.4, -0.2) is 120 Å². The molecule has 422 valence electrons. The third kappa shape index (κ3) is 13.8. The van der Waals surface area contributed by atoms with Gasteiger partial charge in [-0.25, -0.2) is 8.42 Å². The van der Waals surface area contributed by atoms with Crippen LogP contribution in [0.2, 0.25) is 10.0 Å². The Morgan fingerprint density at radius 3 is 1.62 bits per heavy atom. The first-order valence-electron chi connectivity index (χ1n) is 28.0. The van der Waals surface area contributed by atoms with Crippen LogP contribution in [0.25, 0.3) is 0 Å². The number of hydrogen-bond acceptors (Lipinski definition) is 10. The van der Waals surface area contributed by atoms with Gasteiger partial charge in [-0.3, -0.25) is 23.9 Å². The average Bonchev–Trinajstić information content (AvgIpc) is 3.85. The molecule has 4 bridgehead atoms. The normalized spacial score (nSPS) is 24.8. The highest BCUT2D eigenvalue weighted by molar-refractivity contribution is 7.89. The third-order valence-corrected chi connectivity index (χ3v) is 17.9. The predicted octanol–water partition coefficient (Wildman–Crippen LogP) is 10.5. The maximum Gasteiger partial charge on any atom is 0.310 e. The predicted molar refractivity (Wildman–Crippen MR) is 312 cm³/mol. The van der Waals surface area contributed by atoms with Crippen molar-refractivity contribution in [3.63, 3.8) is 0 Å². The van der Waals surface area contributed by atoms with Crippen molar-refractivity contribution in [3.05, 3.63) is 141 Å². The van der Waals surface area contributed by atoms with Gasteiger partial charge < -0.3 is 34.2 Å². The van der Waals surface area contributed by atoms with Crippen molar-refractivity contribution in [2.45, 2.75) is 119 Å². The largest absolute Gasteiger partial charge is 0.490 e. The number of fused-ring (bicyclic) bond motifs is 6. The summed E-state index contributed by atoms with van der Waals surface area (Å²) < 4.78 is 39.1. The van der Waals surface area contributed by atoms with Crippen LogP contribution in [0.15, 0.2) is 97.1 Å². The number of nitrogens with one attached hydrogen (secondary N) is 1. The Morgan fingerprint density at radius 1 is 0.633 bits per heavy atom. The van der Waals surface area contributed by atoms with Crippen LogP contribution in [0.3, 0.4) is 0 Å². The number of aliphatic carboxylic acids is 1. The molecule has 0 saturated carbocycles. The number of sulfonamides is 1. The summed E-state index contributed by atoms with van der Waals surface area (Å²) in [7, 11) is -0.345. The van der Waals surface area contributed by atoms with Crippen molar-refractivity contribution in [1.82, 2.24) is 14.5 Å². The maximum absolute atomic E-state index is 13.3. The molecule has 17 heteroatoms. The fraction of sp³-hybridized carbons (Fsp3) is 0.484. The molecule has 0 aromatic heterocycles. The first-order chi connectivity index (χ1) is 37.9. The summed E-state index contributed by atoms with van der Waals surface area (Å²) in [5.41, 5.74) is 7.92. The van der Waals surface area contributed by atoms with Crippen LogP contribution >= 0.6 is 23.2 Å². The zero-order chi connectivity index (χ0) is 55.9. The van der Waals surface area contributed by atoms with Gasteiger partial charge in [-0.15, -0.1) is 0 Å². The van der Waals surface area contributed by atoms with Gasteiger partial charge in [-0.2, -0.15) is 0 Å². The Hall–Kier alpha value is -6.03. The summed E-state index contributed by atoms with van der Waals surface area (Å²) in [6.07, 6.45) is 21.5. The average molecular weight is 1140 g/mol. The van der Waals surface area contributed by atoms with Gasteiger partial charge in [0.25, 0.3) is 0 Å². The van der Waals surface area contributed by atoms with E-state index in [2.05, 4.69) is 50.9 Å². The highest BCUT2D eigenvalue weighted by atomic mass is 35.5. The molecule has 79 heavy (non-hydrogen) atoms. The number of ether oxygens (including phenoxy) is 2. The standard InChI is InChI=1S/C31H38ClN3O5S.C31H37ClN2O4/c1-34-15-6-4-3-5-7-16-35-20-31(14-8-9-23-17-24(32)11-12-26(23)31)21-40-28-13-10-22(18-27(28)35)25(19-29(34)36)30(37)33-41(2,38)39;1-33-16-5-3-2-4-6-17-34-20-31(15-7-8-23-18-24(32)10-12-26(23)31)21-38-28-13-9-22(19-27(28)34)25(30(36)37)11-14-29(33)35/h4,6,10-13,17-18,25H,3,5,7-9,14-16,19-21H2,1-2H3,(H,33,37);3,5,9-10,12-13,18-19,25H,2,4,6-8,11,14-17,20-21H2,1H3,(H,36,37)/b6-4+;5-3+/t2*25-,31+/m11/s1. The molecule has 2 spiro atoms. The molecule has 0 radical (unpaired) electrons. The van der Waals surface area contributed by atoms with Crippen molar-refractivity contribution < 1.29 is 42.2 Å². The summed E-state index contributed by atoms with van der Waals surface area (Å²) in [5.74, 6) is -2.10. The molecule has 4 heterocycles. The van der Waals surface area contributed by atoms with Crippen molar-refractivity contribution in [1.29, 1.82) is 0 Å². The Bertz CT molecular complexity index is 3100. The molecule has 14 nitrogen and oxygen atoms in total. The van der Waals surface area contributed by atoms with E-state index in [1.807, 2.05) is 54.6 Å². The van der Waals surface area contributed by atoms with Crippen LogP contribution < -0.4 is 24.0 Å². The van der Waals surface area contributed by atoms with Crippen molar-refractivity contribution >= 4 is 68.3 Å². The summed E-state index contributed by atoms with van der Waals surface area (Å²) in [6, 6.07) is 23.8. The van der Waals surface area contributed by atoms with Crippen molar-refractivity contribution in [2.75, 3.05) is 82.6 Å². The lowest BCUT2D eigenvalue weighted by Gasteiger charge is -2.41. The number of carboxylic acid groups (broad SMARTS) is 1. The zero-order valence-corrected chi connectivity index (χ0v) is 48.2. The zero-order valence-electron chi connectivity index (χ0n) is 45.8. The van der Waals surface area contributed by atoms with Crippen molar-refractivity contribution in [3.8, 4) is 11.5 Å². The number of amides is 3. The lowest BCUT2D eigenvalue weighted by atomic mass is 9.70. The molecule has 2 aliphatic carbocycles. The topological polar surface area (TPSA) is 166 Å². The maximum atomic E-state index is 13.3. The monoisotopic (exact) mass is 1140 g/mol. The van der Waals surface area contributed by atoms with Gasteiger partial charge >= 0.3 is 5.97 Å². The van der Waals surface area contributed by atoms with Crippen molar-refractivity contribution in [2.24, 2.45) is 0 Å². The van der Waals surface area contributed by atoms with Crippen LogP contribution in [0.4, 0.5) is 11.4 Å². The molecule has 4 aromatic rings. The molecule has 6 aliphatic rings. The number of nitrogens with zero attached hydrogens (tertiary/aromatic N) is 4. The summed E-state index contributed by atoms with van der Waals surface area (Å²) >= 11 is 12.7. The number of benzene rings is 4. The molecule has 10 rings (SSSR count). The Kier molecular flexibility index (Phi) is 18.4. The second-order valence-corrected chi connectivity index (χ2v) is 25.3. The van der Waals surface area contributed by atoms with Crippen LogP contribution in [0.5, 0.6) is 11.5 Å². The van der Waals surface area contributed by atoms with E-state index >= 15 is 0 Å². The van der Waals surface area contributed by atoms with Gasteiger partial charge in [0.1, 0.15) is 11.5 Å². The van der Waals surface area contributed by atoms with E-state index < -0.39 is 33.7 Å². The quantitative estimate of drug-likeness (QED) is 0.188. The fourth-order valence-electron chi connectivity index (χ4n) is 12.6. The number of hydrogen-bond donors (Lipinski definition) is 2. The number of allylic oxidation sites excluding steroid dienone is 2. The molecule has 0 unspecified atom stereocenters. The lowest BCUT2D eigenvalue weighted by molar-refractivity contribution is -0.139. The van der Waals surface area contributed by atoms with Gasteiger partial charge in [0.2, 0.25) is 27.7 Å². The first-order valence-corrected chi connectivity index (χ1v) is 30.7.